The summed E-state index contributed by atoms with van der Waals surface area (Å²) in [7, 11) is 0. The van der Waals surface area contributed by atoms with Crippen LogP contribution < -0.4 is 10.5 Å². The van der Waals surface area contributed by atoms with Crippen LogP contribution in [0.4, 0.5) is 0 Å². The number of para-hydroxylation sites is 2. The minimum atomic E-state index is -0.165. The molecule has 2 aromatic carbocycles. The molecule has 0 bridgehead atoms. The van der Waals surface area contributed by atoms with Gasteiger partial charge in [-0.3, -0.25) is 0 Å². The molecular formula is C26H25N6O+. The third-order valence-electron chi connectivity index (χ3n) is 5.69. The van der Waals surface area contributed by atoms with Crippen LogP contribution in [-0.2, 0) is 12.0 Å². The largest absolute Gasteiger partial charge is 0.323 e. The average molecular weight is 438 g/mol. The number of H-pyrrole nitrogens is 1. The van der Waals surface area contributed by atoms with Crippen LogP contribution in [0.1, 0.15) is 31.9 Å². The predicted octanol–water partition coefficient (Wildman–Crippen LogP) is 4.08. The van der Waals surface area contributed by atoms with Gasteiger partial charge in [-0.25, -0.2) is 24.3 Å². The molecule has 0 saturated heterocycles. The zero-order valence-corrected chi connectivity index (χ0v) is 18.9. The third-order valence-corrected chi connectivity index (χ3v) is 5.69. The van der Waals surface area contributed by atoms with E-state index in [0.29, 0.717) is 28.7 Å². The molecule has 0 amide bonds. The molecule has 164 valence electrons. The zero-order valence-electron chi connectivity index (χ0n) is 18.9. The van der Waals surface area contributed by atoms with Crippen molar-refractivity contribution in [2.45, 2.75) is 32.7 Å². The third kappa shape index (κ3) is 3.61. The molecule has 7 heteroatoms. The Labute approximate surface area is 190 Å². The summed E-state index contributed by atoms with van der Waals surface area (Å²) in [6.07, 6.45) is 5.08. The molecule has 0 aliphatic carbocycles. The van der Waals surface area contributed by atoms with Crippen molar-refractivity contribution in [1.82, 2.24) is 19.2 Å². The molecule has 1 N–H and O–H groups in total. The molecule has 0 radical (unpaired) electrons. The summed E-state index contributed by atoms with van der Waals surface area (Å²) >= 11 is 0. The highest BCUT2D eigenvalue weighted by atomic mass is 16.1. The van der Waals surface area contributed by atoms with Crippen LogP contribution in [0.15, 0.2) is 77.4 Å². The lowest BCUT2D eigenvalue weighted by atomic mass is 9.87. The fourth-order valence-electron chi connectivity index (χ4n) is 3.89. The Balaban J connectivity index is 1.73. The van der Waals surface area contributed by atoms with E-state index in [1.54, 1.807) is 27.9 Å². The molecule has 5 rings (SSSR count). The molecule has 0 atom stereocenters. The van der Waals surface area contributed by atoms with Crippen LogP contribution in [0.25, 0.3) is 33.2 Å². The number of rotatable bonds is 4. The van der Waals surface area contributed by atoms with Crippen molar-refractivity contribution in [2.75, 3.05) is 0 Å². The molecule has 0 spiro atoms. The lowest BCUT2D eigenvalue weighted by molar-refractivity contribution is -0.357. The van der Waals surface area contributed by atoms with E-state index in [2.05, 4.69) is 44.5 Å². The smallest absolute Gasteiger partial charge is 0.250 e. The van der Waals surface area contributed by atoms with Gasteiger partial charge in [0.15, 0.2) is 11.7 Å². The second kappa shape index (κ2) is 7.78. The Morgan fingerprint density at radius 3 is 2.42 bits per heavy atom. The summed E-state index contributed by atoms with van der Waals surface area (Å²) in [4.78, 5) is 26.0. The van der Waals surface area contributed by atoms with Crippen LogP contribution in [0.3, 0.4) is 0 Å². The van der Waals surface area contributed by atoms with Gasteiger partial charge in [0, 0.05) is 0 Å². The van der Waals surface area contributed by atoms with E-state index in [9.17, 15) is 4.79 Å². The van der Waals surface area contributed by atoms with Crippen molar-refractivity contribution in [2.24, 2.45) is 5.10 Å². The normalized spacial score (nSPS) is 12.3. The van der Waals surface area contributed by atoms with Gasteiger partial charge in [-0.2, -0.15) is 0 Å². The van der Waals surface area contributed by atoms with E-state index in [-0.39, 0.29) is 11.0 Å². The maximum atomic E-state index is 13.2. The van der Waals surface area contributed by atoms with Crippen LogP contribution in [0.5, 0.6) is 0 Å². The van der Waals surface area contributed by atoms with E-state index in [1.807, 2.05) is 36.4 Å². The maximum Gasteiger partial charge on any atom is 0.323 e. The molecule has 0 aliphatic rings. The summed E-state index contributed by atoms with van der Waals surface area (Å²) in [6, 6.07) is 15.9. The lowest BCUT2D eigenvalue weighted by Crippen LogP contribution is -2.26. The summed E-state index contributed by atoms with van der Waals surface area (Å²) in [5.41, 5.74) is 5.18. The van der Waals surface area contributed by atoms with E-state index in [1.165, 1.54) is 5.56 Å². The Hall–Kier alpha value is -4.13. The number of hydrogen-bond acceptors (Lipinski definition) is 4. The van der Waals surface area contributed by atoms with E-state index >= 15 is 0 Å². The van der Waals surface area contributed by atoms with Crippen molar-refractivity contribution in [3.63, 3.8) is 0 Å². The average Bonchev–Trinajstić information content (AvgIpc) is 3.11. The molecule has 0 fully saturated rings. The van der Waals surface area contributed by atoms with Crippen molar-refractivity contribution in [3.05, 3.63) is 89.0 Å². The predicted molar refractivity (Wildman–Crippen MR) is 132 cm³/mol. The number of aromatic nitrogens is 5. The quantitative estimate of drug-likeness (QED) is 0.314. The van der Waals surface area contributed by atoms with Gasteiger partial charge in [0.2, 0.25) is 5.65 Å². The first-order valence-corrected chi connectivity index (χ1v) is 10.8. The van der Waals surface area contributed by atoms with Crippen molar-refractivity contribution in [1.29, 1.82) is 0 Å². The number of allylic oxidation sites excluding steroid dienone is 1. The first-order valence-electron chi connectivity index (χ1n) is 10.8. The molecule has 7 nitrogen and oxygen atoms in total. The molecule has 3 aromatic heterocycles. The van der Waals surface area contributed by atoms with Crippen LogP contribution in [0.2, 0.25) is 0 Å². The molecule has 5 aromatic rings. The summed E-state index contributed by atoms with van der Waals surface area (Å²) in [5, 5.41) is 5.15. The fraction of sp³-hybridized carbons (Fsp3) is 0.192. The number of hydrogen-bond donors (Lipinski definition) is 0. The van der Waals surface area contributed by atoms with Crippen LogP contribution >= 0.6 is 0 Å². The topological polar surface area (TPSA) is 79.2 Å². The van der Waals surface area contributed by atoms with Gasteiger partial charge in [0.05, 0.1) is 23.8 Å². The van der Waals surface area contributed by atoms with Crippen molar-refractivity contribution < 1.29 is 4.98 Å². The van der Waals surface area contributed by atoms with Gasteiger partial charge in [-0.1, -0.05) is 69.8 Å². The highest BCUT2D eigenvalue weighted by molar-refractivity contribution is 6.03. The Bertz CT molecular complexity index is 1600. The van der Waals surface area contributed by atoms with Crippen LogP contribution in [-0.4, -0.2) is 25.4 Å². The van der Waals surface area contributed by atoms with E-state index in [4.69, 9.17) is 15.1 Å². The van der Waals surface area contributed by atoms with E-state index < -0.39 is 0 Å². The van der Waals surface area contributed by atoms with Crippen molar-refractivity contribution >= 4 is 39.4 Å². The van der Waals surface area contributed by atoms with Gasteiger partial charge < -0.3 is 0 Å². The summed E-state index contributed by atoms with van der Waals surface area (Å²) < 4.78 is 3.21. The van der Waals surface area contributed by atoms with Gasteiger partial charge in [-0.05, 0) is 28.7 Å². The number of fused-ring (bicyclic) bond motifs is 4. The van der Waals surface area contributed by atoms with Crippen LogP contribution in [0, 0.1) is 0 Å². The lowest BCUT2D eigenvalue weighted by Gasteiger charge is -2.18. The highest BCUT2D eigenvalue weighted by Crippen LogP contribution is 2.24. The molecule has 0 saturated carbocycles. The monoisotopic (exact) mass is 437 g/mol. The van der Waals surface area contributed by atoms with Gasteiger partial charge in [0.1, 0.15) is 5.52 Å². The second-order valence-corrected chi connectivity index (χ2v) is 9.06. The minimum Gasteiger partial charge on any atom is -0.250 e. The molecule has 0 aliphatic heterocycles. The maximum absolute atomic E-state index is 13.2. The Morgan fingerprint density at radius 2 is 1.76 bits per heavy atom. The van der Waals surface area contributed by atoms with E-state index in [0.717, 1.165) is 16.6 Å². The zero-order chi connectivity index (χ0) is 23.2. The minimum absolute atomic E-state index is 0.0828. The highest BCUT2D eigenvalue weighted by Gasteiger charge is 2.24. The molecule has 33 heavy (non-hydrogen) atoms. The van der Waals surface area contributed by atoms with Gasteiger partial charge in [0.25, 0.3) is 5.65 Å². The molecule has 3 heterocycles. The van der Waals surface area contributed by atoms with Crippen molar-refractivity contribution in [3.8, 4) is 0 Å². The Morgan fingerprint density at radius 1 is 1.06 bits per heavy atom. The summed E-state index contributed by atoms with van der Waals surface area (Å²) in [5.74, 6) is 0. The number of nitrogens with one attached hydrogen (secondary N) is 1. The first kappa shape index (κ1) is 20.8. The molecule has 0 unspecified atom stereocenters. The fourth-order valence-corrected chi connectivity index (χ4v) is 3.89. The SMILES string of the molecule is C=CCn1c[nH+]c2c(c1=O)c1nc3ccccc3nc1n2N=Cc1ccc(C(C)(C)C)cc1. The summed E-state index contributed by atoms with van der Waals surface area (Å²) in [6.45, 7) is 10.7. The number of benzene rings is 2. The molecular weight excluding hydrogens is 412 g/mol. The first-order chi connectivity index (χ1) is 15.9. The van der Waals surface area contributed by atoms with Gasteiger partial charge in [-0.15, -0.1) is 9.78 Å². The number of nitrogens with zero attached hydrogens (tertiary/aromatic N) is 5. The standard InChI is InChI=1S/C26H24N6O/c1-5-14-31-16-27-23-21(25(31)33)22-24(30-20-9-7-6-8-19(20)29-22)32(23)28-15-17-10-12-18(13-11-17)26(2,3)4/h5-13,15-16H,1,14H2,2-4H3/p+1. The van der Waals surface area contributed by atoms with Gasteiger partial charge >= 0.3 is 5.56 Å². The second-order valence-electron chi connectivity index (χ2n) is 9.06. The number of aromatic amines is 1. The Kier molecular flexibility index (Phi) is 4.89.